The monoisotopic (exact) mass is 284 g/mol. The molecule has 0 bridgehead atoms. The van der Waals surface area contributed by atoms with E-state index in [4.69, 9.17) is 0 Å². The summed E-state index contributed by atoms with van der Waals surface area (Å²) >= 11 is 0. The zero-order chi connectivity index (χ0) is 14.9. The molecule has 0 atom stereocenters. The Morgan fingerprint density at radius 3 is 1.91 bits per heavy atom. The van der Waals surface area contributed by atoms with Gasteiger partial charge in [-0.2, -0.15) is 4.99 Å². The van der Waals surface area contributed by atoms with Gasteiger partial charge >= 0.3 is 0 Å². The van der Waals surface area contributed by atoms with E-state index in [2.05, 4.69) is 33.8 Å². The van der Waals surface area contributed by atoms with Crippen LogP contribution in [0, 0.1) is 0 Å². The summed E-state index contributed by atoms with van der Waals surface area (Å²) in [4.78, 5) is 14.6. The molecule has 4 aromatic rings. The molecule has 0 aliphatic heterocycles. The van der Waals surface area contributed by atoms with Gasteiger partial charge in [-0.1, -0.05) is 48.5 Å². The number of aliphatic imine (C=N–C) groups is 1. The third kappa shape index (κ3) is 1.77. The molecule has 3 aromatic carbocycles. The summed E-state index contributed by atoms with van der Waals surface area (Å²) in [6.07, 6.45) is 1.64. The van der Waals surface area contributed by atoms with Crippen LogP contribution in [0.15, 0.2) is 77.8 Å². The van der Waals surface area contributed by atoms with Crippen LogP contribution in [0.25, 0.3) is 27.5 Å². The molecule has 0 aliphatic carbocycles. The molecule has 0 saturated carbocycles. The number of para-hydroxylation sites is 4. The minimum Gasteiger partial charge on any atom is -0.307 e. The number of isocyanates is 1. The van der Waals surface area contributed by atoms with E-state index in [-0.39, 0.29) is 0 Å². The molecular weight excluding hydrogens is 272 g/mol. The van der Waals surface area contributed by atoms with Gasteiger partial charge in [0.15, 0.2) is 0 Å². The molecule has 0 fully saturated rings. The summed E-state index contributed by atoms with van der Waals surface area (Å²) < 4.78 is 2.14. The van der Waals surface area contributed by atoms with Gasteiger partial charge in [0.2, 0.25) is 6.08 Å². The van der Waals surface area contributed by atoms with E-state index in [0.717, 1.165) is 16.7 Å². The summed E-state index contributed by atoms with van der Waals surface area (Å²) in [5.74, 6) is 0. The second kappa shape index (κ2) is 4.99. The van der Waals surface area contributed by atoms with Gasteiger partial charge in [-0.15, -0.1) is 0 Å². The molecule has 0 saturated heterocycles. The third-order valence-electron chi connectivity index (χ3n) is 3.87. The predicted octanol–water partition coefficient (Wildman–Crippen LogP) is 4.75. The van der Waals surface area contributed by atoms with Crippen LogP contribution in [0.4, 0.5) is 5.69 Å². The SMILES string of the molecule is O=C=Nc1ccccc1-n1c2ccccc2c2ccccc21. The predicted molar refractivity (Wildman–Crippen MR) is 88.6 cm³/mol. The standard InChI is InChI=1S/C19H12N2O/c22-13-20-16-9-3-6-12-19(16)21-17-10-4-1-7-14(17)15-8-2-5-11-18(15)21/h1-12H. The Balaban J connectivity index is 2.21. The number of fused-ring (bicyclic) bond motifs is 3. The molecule has 3 heteroatoms. The molecule has 3 nitrogen and oxygen atoms in total. The van der Waals surface area contributed by atoms with Crippen molar-refractivity contribution in [2.24, 2.45) is 4.99 Å². The smallest absolute Gasteiger partial charge is 0.240 e. The highest BCUT2D eigenvalue weighted by atomic mass is 16.1. The van der Waals surface area contributed by atoms with Crippen molar-refractivity contribution in [1.29, 1.82) is 0 Å². The number of nitrogens with zero attached hydrogens (tertiary/aromatic N) is 2. The van der Waals surface area contributed by atoms with Crippen LogP contribution in [-0.2, 0) is 4.79 Å². The fourth-order valence-electron chi connectivity index (χ4n) is 2.98. The Kier molecular flexibility index (Phi) is 2.85. The van der Waals surface area contributed by atoms with E-state index in [9.17, 15) is 4.79 Å². The van der Waals surface area contributed by atoms with Gasteiger partial charge in [-0.25, -0.2) is 4.79 Å². The van der Waals surface area contributed by atoms with Crippen molar-refractivity contribution >= 4 is 33.6 Å². The first-order valence-electron chi connectivity index (χ1n) is 7.05. The molecule has 4 rings (SSSR count). The summed E-state index contributed by atoms with van der Waals surface area (Å²) in [6.45, 7) is 0. The molecule has 1 aromatic heterocycles. The van der Waals surface area contributed by atoms with Crippen LogP contribution < -0.4 is 0 Å². The van der Waals surface area contributed by atoms with Crippen LogP contribution in [0.3, 0.4) is 0 Å². The van der Waals surface area contributed by atoms with E-state index < -0.39 is 0 Å². The maximum Gasteiger partial charge on any atom is 0.240 e. The molecule has 0 aliphatic rings. The number of carbonyl (C=O) groups excluding carboxylic acids is 1. The molecule has 104 valence electrons. The fraction of sp³-hybridized carbons (Fsp3) is 0. The highest BCUT2D eigenvalue weighted by molar-refractivity contribution is 6.09. The lowest BCUT2D eigenvalue weighted by Crippen LogP contribution is -1.93. The Morgan fingerprint density at radius 1 is 0.727 bits per heavy atom. The van der Waals surface area contributed by atoms with E-state index in [1.54, 1.807) is 6.08 Å². The maximum atomic E-state index is 10.7. The summed E-state index contributed by atoms with van der Waals surface area (Å²) in [7, 11) is 0. The molecule has 0 spiro atoms. The van der Waals surface area contributed by atoms with Gasteiger partial charge in [-0.3, -0.25) is 0 Å². The highest BCUT2D eigenvalue weighted by Gasteiger charge is 2.13. The van der Waals surface area contributed by atoms with E-state index in [0.29, 0.717) is 5.69 Å². The quantitative estimate of drug-likeness (QED) is 0.386. The van der Waals surface area contributed by atoms with E-state index >= 15 is 0 Å². The lowest BCUT2D eigenvalue weighted by Gasteiger charge is -2.09. The Labute approximate surface area is 127 Å². The first-order valence-corrected chi connectivity index (χ1v) is 7.05. The first kappa shape index (κ1) is 12.6. The molecular formula is C19H12N2O. The van der Waals surface area contributed by atoms with Crippen molar-refractivity contribution in [2.45, 2.75) is 0 Å². The topological polar surface area (TPSA) is 34.4 Å². The molecule has 0 N–H and O–H groups in total. The van der Waals surface area contributed by atoms with Crippen LogP contribution in [-0.4, -0.2) is 10.6 Å². The summed E-state index contributed by atoms with van der Waals surface area (Å²) in [5, 5.41) is 2.37. The number of benzene rings is 3. The minimum absolute atomic E-state index is 0.615. The third-order valence-corrected chi connectivity index (χ3v) is 3.87. The normalized spacial score (nSPS) is 10.7. The summed E-state index contributed by atoms with van der Waals surface area (Å²) in [5.41, 5.74) is 3.68. The van der Waals surface area contributed by atoms with Crippen molar-refractivity contribution in [3.8, 4) is 5.69 Å². The summed E-state index contributed by atoms with van der Waals surface area (Å²) in [6, 6.07) is 24.1. The number of aromatic nitrogens is 1. The lowest BCUT2D eigenvalue weighted by molar-refractivity contribution is 0.565. The van der Waals surface area contributed by atoms with E-state index in [1.807, 2.05) is 48.5 Å². The van der Waals surface area contributed by atoms with Gasteiger partial charge in [0.1, 0.15) is 5.69 Å². The molecule has 1 heterocycles. The number of hydrogen-bond acceptors (Lipinski definition) is 2. The fourth-order valence-corrected chi connectivity index (χ4v) is 2.98. The molecule has 0 radical (unpaired) electrons. The van der Waals surface area contributed by atoms with Crippen molar-refractivity contribution in [3.05, 3.63) is 72.8 Å². The van der Waals surface area contributed by atoms with Crippen molar-refractivity contribution in [2.75, 3.05) is 0 Å². The average Bonchev–Trinajstić information content (AvgIpc) is 2.90. The Bertz CT molecular complexity index is 986. The van der Waals surface area contributed by atoms with Crippen LogP contribution in [0.5, 0.6) is 0 Å². The van der Waals surface area contributed by atoms with Gasteiger partial charge in [0, 0.05) is 10.8 Å². The first-order chi connectivity index (χ1) is 10.9. The number of hydrogen-bond donors (Lipinski definition) is 0. The number of rotatable bonds is 2. The van der Waals surface area contributed by atoms with Crippen molar-refractivity contribution in [1.82, 2.24) is 4.57 Å². The van der Waals surface area contributed by atoms with E-state index in [1.165, 1.54) is 10.8 Å². The molecule has 0 amide bonds. The zero-order valence-corrected chi connectivity index (χ0v) is 11.7. The second-order valence-corrected chi connectivity index (χ2v) is 5.06. The second-order valence-electron chi connectivity index (χ2n) is 5.06. The van der Waals surface area contributed by atoms with Crippen LogP contribution >= 0.6 is 0 Å². The van der Waals surface area contributed by atoms with Crippen LogP contribution in [0.2, 0.25) is 0 Å². The van der Waals surface area contributed by atoms with Gasteiger partial charge < -0.3 is 4.57 Å². The maximum absolute atomic E-state index is 10.7. The van der Waals surface area contributed by atoms with Gasteiger partial charge in [0.25, 0.3) is 0 Å². The molecule has 0 unspecified atom stereocenters. The zero-order valence-electron chi connectivity index (χ0n) is 11.7. The largest absolute Gasteiger partial charge is 0.307 e. The van der Waals surface area contributed by atoms with Crippen molar-refractivity contribution in [3.63, 3.8) is 0 Å². The van der Waals surface area contributed by atoms with Gasteiger partial charge in [0.05, 0.1) is 16.7 Å². The highest BCUT2D eigenvalue weighted by Crippen LogP contribution is 2.34. The minimum atomic E-state index is 0.615. The average molecular weight is 284 g/mol. The Hall–Kier alpha value is -3.16. The van der Waals surface area contributed by atoms with Gasteiger partial charge in [-0.05, 0) is 24.3 Å². The Morgan fingerprint density at radius 2 is 1.27 bits per heavy atom. The van der Waals surface area contributed by atoms with Crippen molar-refractivity contribution < 1.29 is 4.79 Å². The molecule has 22 heavy (non-hydrogen) atoms. The van der Waals surface area contributed by atoms with Crippen LogP contribution in [0.1, 0.15) is 0 Å². The lowest BCUT2D eigenvalue weighted by atomic mass is 10.2.